The highest BCUT2D eigenvalue weighted by molar-refractivity contribution is 9.10. The summed E-state index contributed by atoms with van der Waals surface area (Å²) < 4.78 is 12.0. The molecule has 0 unspecified atom stereocenters. The molecule has 0 atom stereocenters. The number of nitrogens with one attached hydrogen (secondary N) is 1. The van der Waals surface area contributed by atoms with Crippen molar-refractivity contribution >= 4 is 68.7 Å². The first-order chi connectivity index (χ1) is 17.3. The molecule has 4 amide bonds. The molecule has 192 valence electrons. The Morgan fingerprint density at radius 2 is 1.72 bits per heavy atom. The number of hydrogen-bond donors (Lipinski definition) is 1. The number of ether oxygens (including phenoxy) is 2. The Morgan fingerprint density at radius 3 is 2.42 bits per heavy atom. The predicted octanol–water partition coefficient (Wildman–Crippen LogP) is 7.17. The van der Waals surface area contributed by atoms with Gasteiger partial charge in [-0.15, -0.1) is 0 Å². The number of rotatable bonds is 11. The lowest BCUT2D eigenvalue weighted by molar-refractivity contribution is -0.122. The molecule has 0 spiro atoms. The van der Waals surface area contributed by atoms with Gasteiger partial charge >= 0.3 is 6.03 Å². The van der Waals surface area contributed by atoms with E-state index < -0.39 is 17.8 Å². The van der Waals surface area contributed by atoms with Crippen molar-refractivity contribution in [3.63, 3.8) is 0 Å². The van der Waals surface area contributed by atoms with E-state index in [9.17, 15) is 14.4 Å². The van der Waals surface area contributed by atoms with Gasteiger partial charge in [-0.25, -0.2) is 9.69 Å². The number of nitrogens with zero attached hydrogens (tertiary/aromatic N) is 1. The van der Waals surface area contributed by atoms with Crippen molar-refractivity contribution in [3.05, 3.63) is 56.0 Å². The van der Waals surface area contributed by atoms with Crippen LogP contribution in [-0.2, 0) is 9.59 Å². The fourth-order valence-electron chi connectivity index (χ4n) is 3.70. The van der Waals surface area contributed by atoms with E-state index in [1.807, 2.05) is 0 Å². The molecule has 1 heterocycles. The number of unbranched alkanes of at least 4 members (excludes halogenated alkanes) is 5. The zero-order valence-corrected chi connectivity index (χ0v) is 23.1. The van der Waals surface area contributed by atoms with Gasteiger partial charge < -0.3 is 9.47 Å². The molecular formula is C26H27BrCl2N2O5. The minimum absolute atomic E-state index is 0.169. The van der Waals surface area contributed by atoms with Crippen molar-refractivity contribution in [2.45, 2.75) is 45.4 Å². The summed E-state index contributed by atoms with van der Waals surface area (Å²) in [4.78, 5) is 39.0. The van der Waals surface area contributed by atoms with E-state index in [4.69, 9.17) is 32.7 Å². The molecule has 3 rings (SSSR count). The minimum Gasteiger partial charge on any atom is -0.493 e. The smallest absolute Gasteiger partial charge is 0.335 e. The molecule has 0 bridgehead atoms. The van der Waals surface area contributed by atoms with Crippen LogP contribution in [0.15, 0.2) is 40.4 Å². The number of hydrogen-bond acceptors (Lipinski definition) is 5. The molecule has 2 aromatic carbocycles. The first-order valence-electron chi connectivity index (χ1n) is 11.6. The topological polar surface area (TPSA) is 84.9 Å². The van der Waals surface area contributed by atoms with Crippen LogP contribution in [-0.4, -0.2) is 31.6 Å². The fraction of sp³-hybridized carbons (Fsp3) is 0.346. The van der Waals surface area contributed by atoms with E-state index in [1.165, 1.54) is 57.1 Å². The minimum atomic E-state index is -0.877. The lowest BCUT2D eigenvalue weighted by Crippen LogP contribution is -2.54. The van der Waals surface area contributed by atoms with Gasteiger partial charge in [0.1, 0.15) is 5.57 Å². The van der Waals surface area contributed by atoms with Crippen molar-refractivity contribution in [2.75, 3.05) is 18.6 Å². The Bertz CT molecular complexity index is 1190. The molecule has 1 N–H and O–H groups in total. The quantitative estimate of drug-likeness (QED) is 0.169. The van der Waals surface area contributed by atoms with E-state index in [1.54, 1.807) is 12.1 Å². The van der Waals surface area contributed by atoms with Crippen molar-refractivity contribution in [1.82, 2.24) is 5.32 Å². The third-order valence-electron chi connectivity index (χ3n) is 5.57. The normalized spacial score (nSPS) is 14.9. The molecule has 7 nitrogen and oxygen atoms in total. The van der Waals surface area contributed by atoms with Crippen LogP contribution < -0.4 is 19.7 Å². The van der Waals surface area contributed by atoms with Gasteiger partial charge in [-0.05, 0) is 64.3 Å². The van der Waals surface area contributed by atoms with E-state index in [0.717, 1.165) is 17.7 Å². The van der Waals surface area contributed by atoms with Gasteiger partial charge in [-0.1, -0.05) is 62.2 Å². The van der Waals surface area contributed by atoms with Crippen LogP contribution in [0.1, 0.15) is 51.0 Å². The van der Waals surface area contributed by atoms with E-state index in [0.29, 0.717) is 28.1 Å². The number of carbonyl (C=O) groups is 3. The molecule has 1 saturated heterocycles. The summed E-state index contributed by atoms with van der Waals surface area (Å²) in [6.45, 7) is 2.73. The second-order valence-electron chi connectivity index (χ2n) is 8.21. The highest BCUT2D eigenvalue weighted by Crippen LogP contribution is 2.38. The second kappa shape index (κ2) is 13.1. The summed E-state index contributed by atoms with van der Waals surface area (Å²) in [5, 5.41) is 2.63. The van der Waals surface area contributed by atoms with Crippen LogP contribution >= 0.6 is 39.1 Å². The van der Waals surface area contributed by atoms with Crippen LogP contribution in [0.5, 0.6) is 11.5 Å². The fourth-order valence-corrected chi connectivity index (χ4v) is 4.57. The van der Waals surface area contributed by atoms with Crippen molar-refractivity contribution < 1.29 is 23.9 Å². The van der Waals surface area contributed by atoms with Crippen LogP contribution in [0.4, 0.5) is 10.5 Å². The summed E-state index contributed by atoms with van der Waals surface area (Å²) in [5.74, 6) is -0.607. The summed E-state index contributed by atoms with van der Waals surface area (Å²) in [7, 11) is 1.51. The van der Waals surface area contributed by atoms with Crippen molar-refractivity contribution in [3.8, 4) is 11.5 Å². The van der Waals surface area contributed by atoms with Gasteiger partial charge in [0.05, 0.1) is 33.9 Å². The van der Waals surface area contributed by atoms with Gasteiger partial charge in [-0.3, -0.25) is 14.9 Å². The van der Waals surface area contributed by atoms with E-state index in [-0.39, 0.29) is 21.3 Å². The molecule has 0 aromatic heterocycles. The van der Waals surface area contributed by atoms with Gasteiger partial charge in [0.25, 0.3) is 11.8 Å². The number of benzene rings is 2. The Balaban J connectivity index is 1.81. The number of amides is 4. The van der Waals surface area contributed by atoms with Crippen LogP contribution in [0.2, 0.25) is 10.0 Å². The van der Waals surface area contributed by atoms with Crippen LogP contribution in [0.25, 0.3) is 6.08 Å². The van der Waals surface area contributed by atoms with Crippen molar-refractivity contribution in [2.24, 2.45) is 0 Å². The molecule has 0 aliphatic carbocycles. The standard InChI is InChI=1S/C26H27BrCl2N2O5/c1-3-4-5-6-7-8-11-36-23-19(27)13-16(14-22(23)35-2)12-18-24(32)30-26(34)31(25(18)33)17-9-10-20(28)21(29)15-17/h9-10,12-15H,3-8,11H2,1-2H3,(H,30,32,34)/b18-12-. The number of urea groups is 1. The zero-order valence-electron chi connectivity index (χ0n) is 20.0. The lowest BCUT2D eigenvalue weighted by Gasteiger charge is -2.26. The number of imide groups is 2. The molecule has 0 saturated carbocycles. The Kier molecular flexibility index (Phi) is 10.2. The first kappa shape index (κ1) is 28.0. The average molecular weight is 598 g/mol. The summed E-state index contributed by atoms with van der Waals surface area (Å²) in [6.07, 6.45) is 8.28. The maximum absolute atomic E-state index is 13.2. The third-order valence-corrected chi connectivity index (χ3v) is 6.90. The van der Waals surface area contributed by atoms with Gasteiger partial charge in [-0.2, -0.15) is 0 Å². The molecule has 0 radical (unpaired) electrons. The zero-order chi connectivity index (χ0) is 26.2. The SMILES string of the molecule is CCCCCCCCOc1c(Br)cc(/C=C2/C(=O)NC(=O)N(c3ccc(Cl)c(Cl)c3)C2=O)cc1OC. The second-order valence-corrected chi connectivity index (χ2v) is 9.88. The lowest BCUT2D eigenvalue weighted by atomic mass is 10.1. The molecule has 10 heteroatoms. The number of methoxy groups -OCH3 is 1. The van der Waals surface area contributed by atoms with Crippen LogP contribution in [0, 0.1) is 0 Å². The molecule has 2 aromatic rings. The highest BCUT2D eigenvalue weighted by atomic mass is 79.9. The average Bonchev–Trinajstić information content (AvgIpc) is 2.84. The molecule has 1 aliphatic heterocycles. The number of anilines is 1. The summed E-state index contributed by atoms with van der Waals surface area (Å²) in [5.41, 5.74) is 0.463. The summed E-state index contributed by atoms with van der Waals surface area (Å²) >= 11 is 15.5. The number of barbiturate groups is 1. The van der Waals surface area contributed by atoms with Crippen LogP contribution in [0.3, 0.4) is 0 Å². The monoisotopic (exact) mass is 596 g/mol. The Hall–Kier alpha value is -2.55. The maximum Gasteiger partial charge on any atom is 0.335 e. The number of carbonyl (C=O) groups excluding carboxylic acids is 3. The molecular weight excluding hydrogens is 571 g/mol. The van der Waals surface area contributed by atoms with E-state index >= 15 is 0 Å². The van der Waals surface area contributed by atoms with Crippen molar-refractivity contribution in [1.29, 1.82) is 0 Å². The summed E-state index contributed by atoms with van der Waals surface area (Å²) in [6, 6.07) is 6.81. The Morgan fingerprint density at radius 1 is 1.00 bits per heavy atom. The van der Waals surface area contributed by atoms with E-state index in [2.05, 4.69) is 28.2 Å². The van der Waals surface area contributed by atoms with Gasteiger partial charge in [0.15, 0.2) is 11.5 Å². The third kappa shape index (κ3) is 6.81. The predicted molar refractivity (Wildman–Crippen MR) is 145 cm³/mol. The van der Waals surface area contributed by atoms with Gasteiger partial charge in [0, 0.05) is 0 Å². The maximum atomic E-state index is 13.2. The molecule has 1 fully saturated rings. The largest absolute Gasteiger partial charge is 0.493 e. The Labute approximate surface area is 228 Å². The molecule has 1 aliphatic rings. The first-order valence-corrected chi connectivity index (χ1v) is 13.2. The van der Waals surface area contributed by atoms with Gasteiger partial charge in [0.2, 0.25) is 0 Å². The molecule has 36 heavy (non-hydrogen) atoms. The highest BCUT2D eigenvalue weighted by Gasteiger charge is 2.37. The number of halogens is 3.